The molecular weight excluding hydrogens is 424 g/mol. The molecule has 1 aliphatic heterocycles. The molecule has 2 unspecified atom stereocenters. The number of aromatic hydroxyl groups is 1. The summed E-state index contributed by atoms with van der Waals surface area (Å²) >= 11 is 6.22. The maximum atomic E-state index is 11.8. The van der Waals surface area contributed by atoms with Crippen LogP contribution >= 0.6 is 11.6 Å². The Morgan fingerprint density at radius 1 is 1.12 bits per heavy atom. The van der Waals surface area contributed by atoms with Gasteiger partial charge in [-0.1, -0.05) is 54.9 Å². The van der Waals surface area contributed by atoms with Crippen molar-refractivity contribution >= 4 is 23.3 Å². The molecule has 0 saturated heterocycles. The first-order chi connectivity index (χ1) is 15.5. The maximum Gasteiger partial charge on any atom is 0.337 e. The van der Waals surface area contributed by atoms with Crippen molar-refractivity contribution in [2.24, 2.45) is 4.99 Å². The number of nitrogens with one attached hydrogen (secondary N) is 1. The average Bonchev–Trinajstić information content (AvgIpc) is 2.85. The minimum absolute atomic E-state index is 0.183. The molecule has 1 heterocycles. The molecule has 0 fully saturated rings. The summed E-state index contributed by atoms with van der Waals surface area (Å²) in [5, 5.41) is 14.6. The Morgan fingerprint density at radius 3 is 2.50 bits per heavy atom. The molecule has 3 aromatic carbocycles. The first-order valence-electron chi connectivity index (χ1n) is 10.6. The Kier molecular flexibility index (Phi) is 6.58. The van der Waals surface area contributed by atoms with E-state index in [1.807, 2.05) is 12.1 Å². The van der Waals surface area contributed by atoms with Crippen molar-refractivity contribution in [1.82, 2.24) is 5.32 Å². The van der Waals surface area contributed by atoms with Crippen LogP contribution in [0.15, 0.2) is 71.7 Å². The second-order valence-electron chi connectivity index (χ2n) is 7.77. The van der Waals surface area contributed by atoms with E-state index < -0.39 is 0 Å². The van der Waals surface area contributed by atoms with E-state index in [9.17, 15) is 9.90 Å². The fraction of sp³-hybridized carbons (Fsp3) is 0.231. The van der Waals surface area contributed by atoms with Crippen molar-refractivity contribution < 1.29 is 14.6 Å². The zero-order chi connectivity index (χ0) is 22.7. The van der Waals surface area contributed by atoms with Crippen molar-refractivity contribution in [1.29, 1.82) is 0 Å². The fourth-order valence-electron chi connectivity index (χ4n) is 3.91. The lowest BCUT2D eigenvalue weighted by molar-refractivity contribution is 0.0600. The Hall–Kier alpha value is -3.15. The monoisotopic (exact) mass is 448 g/mol. The topological polar surface area (TPSA) is 70.9 Å². The summed E-state index contributed by atoms with van der Waals surface area (Å²) in [6, 6.07) is 20.5. The zero-order valence-electron chi connectivity index (χ0n) is 18.0. The zero-order valence-corrected chi connectivity index (χ0v) is 18.8. The number of aliphatic imine (C=N–C) groups is 1. The van der Waals surface area contributed by atoms with Crippen LogP contribution < -0.4 is 5.32 Å². The second-order valence-corrected chi connectivity index (χ2v) is 8.21. The Balaban J connectivity index is 1.72. The van der Waals surface area contributed by atoms with Gasteiger partial charge in [0.25, 0.3) is 0 Å². The molecule has 0 aromatic heterocycles. The van der Waals surface area contributed by atoms with E-state index in [0.29, 0.717) is 17.0 Å². The van der Waals surface area contributed by atoms with Gasteiger partial charge in [0.2, 0.25) is 0 Å². The van der Waals surface area contributed by atoms with Crippen molar-refractivity contribution in [3.63, 3.8) is 0 Å². The summed E-state index contributed by atoms with van der Waals surface area (Å²) in [6.45, 7) is 2.13. The largest absolute Gasteiger partial charge is 0.508 e. The molecule has 3 aromatic rings. The highest BCUT2D eigenvalue weighted by Crippen LogP contribution is 2.35. The van der Waals surface area contributed by atoms with Gasteiger partial charge < -0.3 is 9.84 Å². The van der Waals surface area contributed by atoms with Crippen LogP contribution in [0.25, 0.3) is 0 Å². The van der Waals surface area contributed by atoms with Gasteiger partial charge in [0.15, 0.2) is 0 Å². The molecule has 0 spiro atoms. The van der Waals surface area contributed by atoms with Crippen LogP contribution in [-0.4, -0.2) is 23.9 Å². The minimum atomic E-state index is -0.380. The van der Waals surface area contributed by atoms with Crippen molar-refractivity contribution in [2.75, 3.05) is 7.11 Å². The van der Waals surface area contributed by atoms with Gasteiger partial charge in [-0.25, -0.2) is 4.79 Å². The molecule has 32 heavy (non-hydrogen) atoms. The first-order valence-corrected chi connectivity index (χ1v) is 10.9. The van der Waals surface area contributed by atoms with Gasteiger partial charge >= 0.3 is 5.97 Å². The Labute approximate surface area is 192 Å². The van der Waals surface area contributed by atoms with E-state index in [1.165, 1.54) is 12.7 Å². The predicted octanol–water partition coefficient (Wildman–Crippen LogP) is 5.62. The van der Waals surface area contributed by atoms with Gasteiger partial charge in [0.05, 0.1) is 12.7 Å². The van der Waals surface area contributed by atoms with E-state index in [-0.39, 0.29) is 23.9 Å². The number of hydrogen-bond acceptors (Lipinski definition) is 5. The molecule has 164 valence electrons. The average molecular weight is 449 g/mol. The molecule has 4 rings (SSSR count). The third-order valence-electron chi connectivity index (χ3n) is 5.75. The van der Waals surface area contributed by atoms with Gasteiger partial charge in [-0.3, -0.25) is 10.3 Å². The van der Waals surface area contributed by atoms with Crippen LogP contribution in [0.2, 0.25) is 5.02 Å². The molecular formula is C26H25ClN2O3. The fourth-order valence-corrected chi connectivity index (χ4v) is 4.09. The third kappa shape index (κ3) is 4.69. The quantitative estimate of drug-likeness (QED) is 0.497. The van der Waals surface area contributed by atoms with E-state index in [4.69, 9.17) is 21.3 Å². The summed E-state index contributed by atoms with van der Waals surface area (Å²) in [4.78, 5) is 16.8. The molecule has 0 amide bonds. The number of rotatable bonds is 5. The number of aryl methyl sites for hydroxylation is 1. The molecule has 5 nitrogen and oxygen atoms in total. The highest BCUT2D eigenvalue weighted by Gasteiger charge is 2.28. The lowest BCUT2D eigenvalue weighted by atomic mass is 9.93. The minimum Gasteiger partial charge on any atom is -0.508 e. The number of ether oxygens (including phenoxy) is 1. The van der Waals surface area contributed by atoms with Crippen LogP contribution in [0.1, 0.15) is 58.2 Å². The standard InChI is InChI=1S/C26H25ClN2O3/c1-3-16-4-6-17(7-5-16)22-15-23(21-14-20(27)12-13-24(21)30)29-25(28-22)18-8-10-19(11-9-18)26(31)32-2/h4-14,23,25,29-30H,3,15H2,1-2H3. The number of benzene rings is 3. The number of esters is 1. The summed E-state index contributed by atoms with van der Waals surface area (Å²) in [7, 11) is 1.36. The summed E-state index contributed by atoms with van der Waals surface area (Å²) < 4.78 is 4.79. The first kappa shape index (κ1) is 22.1. The normalized spacial score (nSPS) is 18.2. The molecule has 0 radical (unpaired) electrons. The van der Waals surface area contributed by atoms with Gasteiger partial charge in [-0.05, 0) is 53.4 Å². The summed E-state index contributed by atoms with van der Waals surface area (Å²) in [5.74, 6) is -0.190. The molecule has 1 aliphatic rings. The van der Waals surface area contributed by atoms with Crippen molar-refractivity contribution in [3.05, 3.63) is 99.6 Å². The highest BCUT2D eigenvalue weighted by atomic mass is 35.5. The molecule has 0 aliphatic carbocycles. The molecule has 6 heteroatoms. The number of nitrogens with zero attached hydrogens (tertiary/aromatic N) is 1. The van der Waals surface area contributed by atoms with Crippen LogP contribution in [0, 0.1) is 0 Å². The van der Waals surface area contributed by atoms with Gasteiger partial charge in [0.1, 0.15) is 11.9 Å². The smallest absolute Gasteiger partial charge is 0.337 e. The number of methoxy groups -OCH3 is 1. The SMILES string of the molecule is CCc1ccc(C2=NC(c3ccc(C(=O)OC)cc3)NC(c3cc(Cl)ccc3O)C2)cc1. The van der Waals surface area contributed by atoms with Crippen LogP contribution in [0.4, 0.5) is 0 Å². The predicted molar refractivity (Wildman–Crippen MR) is 126 cm³/mol. The van der Waals surface area contributed by atoms with Gasteiger partial charge in [0, 0.05) is 28.8 Å². The maximum absolute atomic E-state index is 11.8. The number of hydrogen-bond donors (Lipinski definition) is 2. The van der Waals surface area contributed by atoms with Crippen molar-refractivity contribution in [2.45, 2.75) is 32.0 Å². The molecule has 0 bridgehead atoms. The number of carbonyl (C=O) groups is 1. The number of phenolic OH excluding ortho intramolecular Hbond substituents is 1. The molecule has 0 saturated carbocycles. The highest BCUT2D eigenvalue weighted by molar-refractivity contribution is 6.30. The molecule has 2 atom stereocenters. The Morgan fingerprint density at radius 2 is 1.84 bits per heavy atom. The lowest BCUT2D eigenvalue weighted by Crippen LogP contribution is -2.33. The van der Waals surface area contributed by atoms with Crippen LogP contribution in [0.5, 0.6) is 5.75 Å². The summed E-state index contributed by atoms with van der Waals surface area (Å²) in [6.07, 6.45) is 1.23. The van der Waals surface area contributed by atoms with Gasteiger partial charge in [-0.2, -0.15) is 0 Å². The van der Waals surface area contributed by atoms with Crippen LogP contribution in [-0.2, 0) is 11.2 Å². The Bertz CT molecular complexity index is 1140. The lowest BCUT2D eigenvalue weighted by Gasteiger charge is -2.31. The van der Waals surface area contributed by atoms with E-state index in [2.05, 4.69) is 36.5 Å². The van der Waals surface area contributed by atoms with E-state index in [0.717, 1.165) is 28.8 Å². The number of halogens is 1. The van der Waals surface area contributed by atoms with Crippen molar-refractivity contribution in [3.8, 4) is 5.75 Å². The second kappa shape index (κ2) is 9.55. The van der Waals surface area contributed by atoms with E-state index >= 15 is 0 Å². The molecule has 2 N–H and O–H groups in total. The third-order valence-corrected chi connectivity index (χ3v) is 5.98. The number of carbonyl (C=O) groups excluding carboxylic acids is 1. The van der Waals surface area contributed by atoms with Crippen LogP contribution in [0.3, 0.4) is 0 Å². The number of phenols is 1. The van der Waals surface area contributed by atoms with Gasteiger partial charge in [-0.15, -0.1) is 0 Å². The van der Waals surface area contributed by atoms with E-state index in [1.54, 1.807) is 30.3 Å². The summed E-state index contributed by atoms with van der Waals surface area (Å²) in [5.41, 5.74) is 5.37.